The first-order chi connectivity index (χ1) is 10.3. The molecule has 2 aromatic heterocycles. The van der Waals surface area contributed by atoms with Gasteiger partial charge in [-0.25, -0.2) is 4.98 Å². The number of aromatic nitrogens is 2. The molecule has 3 rings (SSSR count). The van der Waals surface area contributed by atoms with E-state index in [2.05, 4.69) is 22.2 Å². The number of para-hydroxylation sites is 2. The average Bonchev–Trinajstić information content (AvgIpc) is 2.96. The highest BCUT2D eigenvalue weighted by Crippen LogP contribution is 2.31. The normalized spacial score (nSPS) is 10.4. The lowest BCUT2D eigenvalue weighted by Crippen LogP contribution is -1.94. The Labute approximate surface area is 127 Å². The molecule has 0 atom stereocenters. The molecule has 0 fully saturated rings. The van der Waals surface area contributed by atoms with Gasteiger partial charge in [-0.3, -0.25) is 4.98 Å². The number of anilines is 2. The second-order valence-electron chi connectivity index (χ2n) is 4.55. The van der Waals surface area contributed by atoms with E-state index in [1.807, 2.05) is 41.9 Å². The molecule has 0 radical (unpaired) electrons. The molecule has 1 aromatic carbocycles. The second kappa shape index (κ2) is 5.93. The maximum Gasteiger partial charge on any atom is 0.187 e. The number of thiazole rings is 1. The van der Waals surface area contributed by atoms with Gasteiger partial charge in [-0.15, -0.1) is 11.3 Å². The molecule has 106 valence electrons. The van der Waals surface area contributed by atoms with Crippen LogP contribution in [0.1, 0.15) is 5.56 Å². The number of aryl methyl sites for hydroxylation is 1. The van der Waals surface area contributed by atoms with Crippen LogP contribution in [0.15, 0.2) is 48.1 Å². The summed E-state index contributed by atoms with van der Waals surface area (Å²) >= 11 is 1.56. The summed E-state index contributed by atoms with van der Waals surface area (Å²) in [5.74, 6) is 0.798. The first-order valence-corrected chi connectivity index (χ1v) is 7.42. The van der Waals surface area contributed by atoms with Gasteiger partial charge in [0.15, 0.2) is 5.13 Å². The van der Waals surface area contributed by atoms with E-state index < -0.39 is 0 Å². The van der Waals surface area contributed by atoms with Gasteiger partial charge in [-0.1, -0.05) is 12.1 Å². The van der Waals surface area contributed by atoms with Crippen molar-refractivity contribution in [2.24, 2.45) is 0 Å². The van der Waals surface area contributed by atoms with E-state index in [-0.39, 0.29) is 0 Å². The Morgan fingerprint density at radius 3 is 2.86 bits per heavy atom. The van der Waals surface area contributed by atoms with E-state index in [0.29, 0.717) is 0 Å². The number of pyridine rings is 1. The van der Waals surface area contributed by atoms with E-state index in [4.69, 9.17) is 4.74 Å². The molecule has 0 bridgehead atoms. The summed E-state index contributed by atoms with van der Waals surface area (Å²) in [5, 5.41) is 6.16. The third kappa shape index (κ3) is 2.87. The third-order valence-corrected chi connectivity index (χ3v) is 3.93. The van der Waals surface area contributed by atoms with Crippen LogP contribution in [-0.2, 0) is 0 Å². The largest absolute Gasteiger partial charge is 0.495 e. The standard InChI is InChI=1S/C16H15N3OS/c1-11-7-8-17-9-12(11)14-10-21-16(19-14)18-13-5-3-4-6-15(13)20-2/h3-10H,1-2H3,(H,18,19). The van der Waals surface area contributed by atoms with Crippen LogP contribution in [0.25, 0.3) is 11.3 Å². The number of hydrogen-bond donors (Lipinski definition) is 1. The summed E-state index contributed by atoms with van der Waals surface area (Å²) in [7, 11) is 1.66. The zero-order chi connectivity index (χ0) is 14.7. The Bertz CT molecular complexity index is 755. The van der Waals surface area contributed by atoms with Crippen LogP contribution >= 0.6 is 11.3 Å². The van der Waals surface area contributed by atoms with Crippen LogP contribution < -0.4 is 10.1 Å². The highest BCUT2D eigenvalue weighted by atomic mass is 32.1. The lowest BCUT2D eigenvalue weighted by Gasteiger charge is -2.08. The Kier molecular flexibility index (Phi) is 3.83. The fourth-order valence-electron chi connectivity index (χ4n) is 2.05. The fraction of sp³-hybridized carbons (Fsp3) is 0.125. The molecule has 0 aliphatic carbocycles. The molecule has 0 unspecified atom stereocenters. The minimum atomic E-state index is 0.798. The minimum absolute atomic E-state index is 0.798. The highest BCUT2D eigenvalue weighted by Gasteiger charge is 2.09. The van der Waals surface area contributed by atoms with Crippen LogP contribution in [0.2, 0.25) is 0 Å². The fourth-order valence-corrected chi connectivity index (χ4v) is 2.77. The van der Waals surface area contributed by atoms with Gasteiger partial charge in [0.25, 0.3) is 0 Å². The molecule has 0 aliphatic heterocycles. The van der Waals surface area contributed by atoms with E-state index in [1.165, 1.54) is 5.56 Å². The van der Waals surface area contributed by atoms with Crippen molar-refractivity contribution in [2.75, 3.05) is 12.4 Å². The van der Waals surface area contributed by atoms with E-state index in [1.54, 1.807) is 24.6 Å². The van der Waals surface area contributed by atoms with Crippen molar-refractivity contribution in [1.82, 2.24) is 9.97 Å². The molecule has 0 spiro atoms. The number of ether oxygens (including phenoxy) is 1. The van der Waals surface area contributed by atoms with Crippen molar-refractivity contribution in [2.45, 2.75) is 6.92 Å². The van der Waals surface area contributed by atoms with Gasteiger partial charge in [0, 0.05) is 23.3 Å². The quantitative estimate of drug-likeness (QED) is 0.781. The monoisotopic (exact) mass is 297 g/mol. The summed E-state index contributed by atoms with van der Waals surface area (Å²) in [4.78, 5) is 8.79. The topological polar surface area (TPSA) is 47.0 Å². The second-order valence-corrected chi connectivity index (χ2v) is 5.41. The molecule has 0 saturated carbocycles. The third-order valence-electron chi connectivity index (χ3n) is 3.17. The Hall–Kier alpha value is -2.40. The SMILES string of the molecule is COc1ccccc1Nc1nc(-c2cnccc2C)cs1. The van der Waals surface area contributed by atoms with E-state index in [9.17, 15) is 0 Å². The van der Waals surface area contributed by atoms with Gasteiger partial charge >= 0.3 is 0 Å². The molecular formula is C16H15N3OS. The predicted octanol–water partition coefficient (Wildman–Crippen LogP) is 4.27. The number of nitrogens with one attached hydrogen (secondary N) is 1. The van der Waals surface area contributed by atoms with Gasteiger partial charge in [-0.2, -0.15) is 0 Å². The van der Waals surface area contributed by atoms with Gasteiger partial charge in [0.1, 0.15) is 5.75 Å². The van der Waals surface area contributed by atoms with Gasteiger partial charge in [0.2, 0.25) is 0 Å². The number of benzene rings is 1. The predicted molar refractivity (Wildman–Crippen MR) is 86.4 cm³/mol. The maximum atomic E-state index is 5.33. The Morgan fingerprint density at radius 2 is 2.05 bits per heavy atom. The lowest BCUT2D eigenvalue weighted by atomic mass is 10.1. The van der Waals surface area contributed by atoms with Gasteiger partial charge in [0.05, 0.1) is 18.5 Å². The number of hydrogen-bond acceptors (Lipinski definition) is 5. The number of rotatable bonds is 4. The zero-order valence-corrected chi connectivity index (χ0v) is 12.6. The molecule has 1 N–H and O–H groups in total. The average molecular weight is 297 g/mol. The summed E-state index contributed by atoms with van der Waals surface area (Å²) in [6.45, 7) is 2.06. The van der Waals surface area contributed by atoms with Crippen LogP contribution in [0.4, 0.5) is 10.8 Å². The summed E-state index contributed by atoms with van der Waals surface area (Å²) in [6.07, 6.45) is 3.64. The van der Waals surface area contributed by atoms with E-state index >= 15 is 0 Å². The van der Waals surface area contributed by atoms with E-state index in [0.717, 1.165) is 27.8 Å². The molecule has 0 aliphatic rings. The Morgan fingerprint density at radius 1 is 1.19 bits per heavy atom. The van der Waals surface area contributed by atoms with Gasteiger partial charge in [-0.05, 0) is 30.7 Å². The Balaban J connectivity index is 1.87. The van der Waals surface area contributed by atoms with Crippen LogP contribution in [0.3, 0.4) is 0 Å². The molecule has 5 heteroatoms. The van der Waals surface area contributed by atoms with Crippen molar-refractivity contribution < 1.29 is 4.74 Å². The van der Waals surface area contributed by atoms with Crippen LogP contribution in [0.5, 0.6) is 5.75 Å². The van der Waals surface area contributed by atoms with Gasteiger partial charge < -0.3 is 10.1 Å². The molecule has 0 amide bonds. The molecule has 2 heterocycles. The molecular weight excluding hydrogens is 282 g/mol. The molecule has 4 nitrogen and oxygen atoms in total. The molecule has 3 aromatic rings. The lowest BCUT2D eigenvalue weighted by molar-refractivity contribution is 0.417. The van der Waals surface area contributed by atoms with Crippen LogP contribution in [0, 0.1) is 6.92 Å². The van der Waals surface area contributed by atoms with Crippen molar-refractivity contribution in [3.05, 3.63) is 53.7 Å². The summed E-state index contributed by atoms with van der Waals surface area (Å²) < 4.78 is 5.33. The first-order valence-electron chi connectivity index (χ1n) is 6.54. The molecule has 0 saturated heterocycles. The first kappa shape index (κ1) is 13.6. The highest BCUT2D eigenvalue weighted by molar-refractivity contribution is 7.14. The number of methoxy groups -OCH3 is 1. The maximum absolute atomic E-state index is 5.33. The summed E-state index contributed by atoms with van der Waals surface area (Å²) in [5.41, 5.74) is 4.06. The summed E-state index contributed by atoms with van der Waals surface area (Å²) in [6, 6.07) is 9.78. The van der Waals surface area contributed by atoms with Crippen molar-refractivity contribution >= 4 is 22.2 Å². The van der Waals surface area contributed by atoms with Crippen molar-refractivity contribution in [1.29, 1.82) is 0 Å². The van der Waals surface area contributed by atoms with Crippen molar-refractivity contribution in [3.8, 4) is 17.0 Å². The number of nitrogens with zero attached hydrogens (tertiary/aromatic N) is 2. The molecule has 21 heavy (non-hydrogen) atoms. The minimum Gasteiger partial charge on any atom is -0.495 e. The smallest absolute Gasteiger partial charge is 0.187 e. The van der Waals surface area contributed by atoms with Crippen molar-refractivity contribution in [3.63, 3.8) is 0 Å². The van der Waals surface area contributed by atoms with Crippen LogP contribution in [-0.4, -0.2) is 17.1 Å². The zero-order valence-electron chi connectivity index (χ0n) is 11.8.